The van der Waals surface area contributed by atoms with Gasteiger partial charge in [-0.05, 0) is 12.3 Å². The van der Waals surface area contributed by atoms with E-state index >= 15 is 0 Å². The van der Waals surface area contributed by atoms with E-state index in [0.717, 1.165) is 12.8 Å². The third kappa shape index (κ3) is 9.23. The van der Waals surface area contributed by atoms with E-state index in [2.05, 4.69) is 18.8 Å². The lowest BCUT2D eigenvalue weighted by atomic mass is 10.1. The van der Waals surface area contributed by atoms with Crippen LogP contribution in [0.15, 0.2) is 0 Å². The van der Waals surface area contributed by atoms with Gasteiger partial charge in [0, 0.05) is 14.7 Å². The molecule has 62 valence electrons. The summed E-state index contributed by atoms with van der Waals surface area (Å²) >= 11 is 0. The molecule has 0 fully saturated rings. The molecule has 0 saturated carbocycles. The number of unbranched alkanes of at least 4 members (excludes halogenated alkanes) is 4. The second-order valence-corrected chi connectivity index (χ2v) is 2.54. The number of hydrogen-bond acceptors (Lipinski definition) is 1. The minimum atomic E-state index is -0.273. The van der Waals surface area contributed by atoms with Crippen molar-refractivity contribution in [2.24, 2.45) is 0 Å². The Morgan fingerprint density at radius 1 is 1.45 bits per heavy atom. The maximum absolute atomic E-state index is 10.5. The van der Waals surface area contributed by atoms with E-state index in [1.165, 1.54) is 19.3 Å². The van der Waals surface area contributed by atoms with Gasteiger partial charge in [-0.15, -0.1) is 0 Å². The fourth-order valence-corrected chi connectivity index (χ4v) is 0.801. The molecule has 0 aromatic rings. The standard InChI is InChI=1S/C10H16O/c1-3-4-5-6-7-8-9-10(2)11/h3-7H2,1-2H3/i2D. The Hall–Kier alpha value is -0.770. The number of hydrogen-bond donors (Lipinski definition) is 0. The smallest absolute Gasteiger partial charge is 0.202 e. The Labute approximate surface area is 70.6 Å². The molecular weight excluding hydrogens is 136 g/mol. The molecule has 0 aliphatic carbocycles. The molecule has 0 saturated heterocycles. The van der Waals surface area contributed by atoms with Gasteiger partial charge in [-0.25, -0.2) is 0 Å². The van der Waals surface area contributed by atoms with Crippen molar-refractivity contribution < 1.29 is 6.17 Å². The zero-order chi connectivity index (χ0) is 9.23. The molecule has 0 aromatic heterocycles. The fourth-order valence-electron chi connectivity index (χ4n) is 0.801. The van der Waals surface area contributed by atoms with Crippen LogP contribution in [0.1, 0.15) is 47.3 Å². The maximum Gasteiger partial charge on any atom is 0.202 e. The largest absolute Gasteiger partial charge is 0.285 e. The summed E-state index contributed by atoms with van der Waals surface area (Å²) < 4.78 is 6.70. The number of carbonyl (C=O) groups excluding carboxylic acids is 1. The summed E-state index contributed by atoms with van der Waals surface area (Å²) in [7, 11) is 0. The van der Waals surface area contributed by atoms with Crippen LogP contribution in [-0.4, -0.2) is 5.78 Å². The van der Waals surface area contributed by atoms with E-state index in [1.807, 2.05) is 0 Å². The van der Waals surface area contributed by atoms with Gasteiger partial charge >= 0.3 is 0 Å². The zero-order valence-corrected chi connectivity index (χ0v) is 7.15. The SMILES string of the molecule is [2H]CC(=O)C#CCCCCCC. The molecule has 0 aromatic carbocycles. The van der Waals surface area contributed by atoms with Crippen molar-refractivity contribution >= 4 is 5.78 Å². The van der Waals surface area contributed by atoms with Crippen LogP contribution in [0.2, 0.25) is 0 Å². The van der Waals surface area contributed by atoms with Gasteiger partial charge in [0.1, 0.15) is 0 Å². The van der Waals surface area contributed by atoms with Crippen LogP contribution in [0.25, 0.3) is 0 Å². The molecule has 0 bridgehead atoms. The van der Waals surface area contributed by atoms with E-state index in [1.54, 1.807) is 0 Å². The number of ketones is 1. The average molecular weight is 153 g/mol. The van der Waals surface area contributed by atoms with Crippen LogP contribution in [-0.2, 0) is 4.79 Å². The van der Waals surface area contributed by atoms with Gasteiger partial charge in [-0.3, -0.25) is 4.79 Å². The van der Waals surface area contributed by atoms with Crippen LogP contribution >= 0.6 is 0 Å². The summed E-state index contributed by atoms with van der Waals surface area (Å²) in [6, 6.07) is 0. The van der Waals surface area contributed by atoms with Gasteiger partial charge in [0.15, 0.2) is 0 Å². The van der Waals surface area contributed by atoms with Gasteiger partial charge in [0.2, 0.25) is 5.78 Å². The molecule has 0 spiro atoms. The molecule has 0 aliphatic heterocycles. The summed E-state index contributed by atoms with van der Waals surface area (Å²) in [5.41, 5.74) is 0. The number of rotatable bonds is 4. The molecule has 0 unspecified atom stereocenters. The average Bonchev–Trinajstić information content (AvgIpc) is 2.10. The highest BCUT2D eigenvalue weighted by Crippen LogP contribution is 2.00. The first-order valence-corrected chi connectivity index (χ1v) is 4.12. The van der Waals surface area contributed by atoms with Crippen LogP contribution in [0.3, 0.4) is 0 Å². The van der Waals surface area contributed by atoms with Crippen LogP contribution in [0, 0.1) is 11.8 Å². The van der Waals surface area contributed by atoms with Crippen molar-refractivity contribution in [3.8, 4) is 11.8 Å². The van der Waals surface area contributed by atoms with E-state index in [4.69, 9.17) is 1.37 Å². The lowest BCUT2D eigenvalue weighted by molar-refractivity contribution is -0.111. The highest BCUT2D eigenvalue weighted by atomic mass is 16.1. The Morgan fingerprint density at radius 3 is 2.91 bits per heavy atom. The second kappa shape index (κ2) is 7.34. The van der Waals surface area contributed by atoms with Crippen molar-refractivity contribution in [3.63, 3.8) is 0 Å². The van der Waals surface area contributed by atoms with Gasteiger partial charge in [-0.2, -0.15) is 0 Å². The number of Topliss-reactive ketones (excluding diaryl/α,β-unsaturated/α-hetero) is 1. The lowest BCUT2D eigenvalue weighted by Gasteiger charge is -1.91. The van der Waals surface area contributed by atoms with E-state index in [-0.39, 0.29) is 12.7 Å². The summed E-state index contributed by atoms with van der Waals surface area (Å²) in [5.74, 6) is 4.94. The third-order valence-corrected chi connectivity index (χ3v) is 1.38. The van der Waals surface area contributed by atoms with E-state index in [0.29, 0.717) is 0 Å². The van der Waals surface area contributed by atoms with Gasteiger partial charge in [0.05, 0.1) is 0 Å². The summed E-state index contributed by atoms with van der Waals surface area (Å²) in [6.45, 7) is 1.96. The molecule has 0 aliphatic rings. The summed E-state index contributed by atoms with van der Waals surface area (Å²) in [5, 5.41) is 0. The third-order valence-electron chi connectivity index (χ3n) is 1.38. The molecular formula is C10H16O. The summed E-state index contributed by atoms with van der Waals surface area (Å²) in [6.07, 6.45) is 5.53. The Bertz CT molecular complexity index is 176. The van der Waals surface area contributed by atoms with Gasteiger partial charge in [0.25, 0.3) is 0 Å². The van der Waals surface area contributed by atoms with Crippen molar-refractivity contribution in [3.05, 3.63) is 0 Å². The van der Waals surface area contributed by atoms with Crippen molar-refractivity contribution in [2.75, 3.05) is 0 Å². The lowest BCUT2D eigenvalue weighted by Crippen LogP contribution is -1.80. The number of carbonyl (C=O) groups is 1. The zero-order valence-electron chi connectivity index (χ0n) is 8.15. The van der Waals surface area contributed by atoms with Crippen molar-refractivity contribution in [1.29, 1.82) is 0 Å². The van der Waals surface area contributed by atoms with Gasteiger partial charge < -0.3 is 0 Å². The topological polar surface area (TPSA) is 17.1 Å². The van der Waals surface area contributed by atoms with Gasteiger partial charge in [-0.1, -0.05) is 32.1 Å². The minimum Gasteiger partial charge on any atom is -0.285 e. The van der Waals surface area contributed by atoms with Crippen LogP contribution in [0.5, 0.6) is 0 Å². The minimum absolute atomic E-state index is 0.206. The molecule has 0 atom stereocenters. The quantitative estimate of drug-likeness (QED) is 0.344. The Balaban J connectivity index is 3.27. The highest BCUT2D eigenvalue weighted by molar-refractivity contribution is 5.93. The van der Waals surface area contributed by atoms with E-state index < -0.39 is 0 Å². The second-order valence-electron chi connectivity index (χ2n) is 2.54. The molecule has 0 rings (SSSR count). The first kappa shape index (κ1) is 8.33. The van der Waals surface area contributed by atoms with Crippen LogP contribution in [0.4, 0.5) is 0 Å². The monoisotopic (exact) mass is 153 g/mol. The first-order valence-electron chi connectivity index (χ1n) is 4.83. The molecule has 0 amide bonds. The van der Waals surface area contributed by atoms with Crippen molar-refractivity contribution in [1.82, 2.24) is 0 Å². The molecule has 1 nitrogen and oxygen atoms in total. The Morgan fingerprint density at radius 2 is 2.27 bits per heavy atom. The normalized spacial score (nSPS) is 9.73. The molecule has 11 heavy (non-hydrogen) atoms. The molecule has 0 heterocycles. The molecule has 0 radical (unpaired) electrons. The highest BCUT2D eigenvalue weighted by Gasteiger charge is 1.84. The van der Waals surface area contributed by atoms with E-state index in [9.17, 15) is 4.79 Å². The molecule has 0 N–H and O–H groups in total. The molecule has 1 heteroatoms. The predicted molar refractivity (Wildman–Crippen MR) is 47.2 cm³/mol. The maximum atomic E-state index is 10.5. The van der Waals surface area contributed by atoms with Crippen molar-refractivity contribution in [2.45, 2.75) is 45.9 Å². The van der Waals surface area contributed by atoms with Crippen LogP contribution < -0.4 is 0 Å². The summed E-state index contributed by atoms with van der Waals surface area (Å²) in [4.78, 5) is 10.5. The Kier molecular flexibility index (Phi) is 5.56. The first-order chi connectivity index (χ1) is 5.81. The predicted octanol–water partition coefficient (Wildman–Crippen LogP) is 2.55. The fraction of sp³-hybridized carbons (Fsp3) is 0.700.